The van der Waals surface area contributed by atoms with E-state index in [1.165, 1.54) is 16.2 Å². The molecule has 2 aromatic heterocycles. The lowest BCUT2D eigenvalue weighted by Gasteiger charge is -2.18. The molecule has 0 radical (unpaired) electrons. The summed E-state index contributed by atoms with van der Waals surface area (Å²) in [6.07, 6.45) is 3.69. The zero-order valence-electron chi connectivity index (χ0n) is 16.0. The summed E-state index contributed by atoms with van der Waals surface area (Å²) in [5, 5.41) is 18.5. The second-order valence-corrected chi connectivity index (χ2v) is 8.83. The topological polar surface area (TPSA) is 85.1 Å². The molecule has 0 aliphatic heterocycles. The van der Waals surface area contributed by atoms with Gasteiger partial charge in [0.05, 0.1) is 5.39 Å². The largest absolute Gasteiger partial charge is 0.480 e. The molecule has 0 bridgehead atoms. The van der Waals surface area contributed by atoms with Crippen LogP contribution in [0.1, 0.15) is 47.4 Å². The zero-order valence-corrected chi connectivity index (χ0v) is 16.8. The number of aryl methyl sites for hydroxylation is 3. The fourth-order valence-electron chi connectivity index (χ4n) is 3.88. The van der Waals surface area contributed by atoms with Crippen LogP contribution in [0.4, 0.5) is 0 Å². The molecule has 2 heterocycles. The normalized spacial score (nSPS) is 17.4. The third-order valence-corrected chi connectivity index (χ3v) is 6.69. The number of aliphatic carboxylic acids is 1. The zero-order chi connectivity index (χ0) is 19.8. The predicted molar refractivity (Wildman–Crippen MR) is 109 cm³/mol. The predicted octanol–water partition coefficient (Wildman–Crippen LogP) is 3.54. The maximum atomic E-state index is 13.1. The van der Waals surface area contributed by atoms with Gasteiger partial charge in [0.25, 0.3) is 5.56 Å². The molecule has 146 valence electrons. The molecule has 0 fully saturated rings. The minimum atomic E-state index is -1.06. The van der Waals surface area contributed by atoms with Crippen LogP contribution < -0.4 is 5.56 Å². The van der Waals surface area contributed by atoms with E-state index in [9.17, 15) is 14.7 Å². The van der Waals surface area contributed by atoms with Crippen molar-refractivity contribution in [1.82, 2.24) is 15.0 Å². The molecular weight excluding hydrogens is 374 g/mol. The minimum absolute atomic E-state index is 0.294. The molecule has 2 atom stereocenters. The number of fused-ring (bicyclic) bond motifs is 3. The number of carbonyl (C=O) groups is 1. The van der Waals surface area contributed by atoms with Crippen molar-refractivity contribution in [2.75, 3.05) is 0 Å². The standard InChI is InChI=1S/C21H23N3O3S/c1-12-3-6-14(7-4-12)8-10-16(21(26)27)24-20(25)18-15-9-5-13(2)11-17(15)28-19(18)22-23-24/h3-4,6-7,13,16H,5,8-11H2,1-2H3,(H,26,27). The van der Waals surface area contributed by atoms with Gasteiger partial charge in [-0.15, -0.1) is 16.4 Å². The number of nitrogens with zero attached hydrogens (tertiary/aromatic N) is 3. The summed E-state index contributed by atoms with van der Waals surface area (Å²) in [6, 6.07) is 6.96. The minimum Gasteiger partial charge on any atom is -0.480 e. The molecule has 6 nitrogen and oxygen atoms in total. The number of thiophene rings is 1. The molecule has 7 heteroatoms. The van der Waals surface area contributed by atoms with Crippen LogP contribution in [0, 0.1) is 12.8 Å². The van der Waals surface area contributed by atoms with Gasteiger partial charge in [-0.3, -0.25) is 4.79 Å². The van der Waals surface area contributed by atoms with Crippen LogP contribution in [0.2, 0.25) is 0 Å². The van der Waals surface area contributed by atoms with Gasteiger partial charge >= 0.3 is 5.97 Å². The van der Waals surface area contributed by atoms with Crippen LogP contribution in [-0.4, -0.2) is 26.1 Å². The molecule has 2 unspecified atom stereocenters. The number of rotatable bonds is 5. The highest BCUT2D eigenvalue weighted by molar-refractivity contribution is 7.18. The molecule has 28 heavy (non-hydrogen) atoms. The van der Waals surface area contributed by atoms with Gasteiger partial charge in [-0.25, -0.2) is 4.79 Å². The Morgan fingerprint density at radius 1 is 1.36 bits per heavy atom. The van der Waals surface area contributed by atoms with Gasteiger partial charge < -0.3 is 5.11 Å². The summed E-state index contributed by atoms with van der Waals surface area (Å²) in [5.74, 6) is -0.461. The van der Waals surface area contributed by atoms with Gasteiger partial charge in [-0.2, -0.15) is 4.68 Å². The Morgan fingerprint density at radius 2 is 2.11 bits per heavy atom. The summed E-state index contributed by atoms with van der Waals surface area (Å²) in [5.41, 5.74) is 2.92. The van der Waals surface area contributed by atoms with Crippen molar-refractivity contribution >= 4 is 27.5 Å². The Kier molecular flexibility index (Phi) is 5.02. The molecule has 1 N–H and O–H groups in total. The van der Waals surface area contributed by atoms with Crippen molar-refractivity contribution in [2.45, 2.75) is 52.0 Å². The van der Waals surface area contributed by atoms with Gasteiger partial charge in [0, 0.05) is 4.88 Å². The first kappa shape index (κ1) is 18.8. The molecule has 0 amide bonds. The maximum absolute atomic E-state index is 13.1. The molecule has 1 aliphatic carbocycles. The van der Waals surface area contributed by atoms with Gasteiger partial charge in [-0.05, 0) is 56.1 Å². The lowest BCUT2D eigenvalue weighted by Crippen LogP contribution is -2.33. The Balaban J connectivity index is 1.69. The van der Waals surface area contributed by atoms with E-state index in [2.05, 4.69) is 17.2 Å². The summed E-state index contributed by atoms with van der Waals surface area (Å²) < 4.78 is 1.07. The highest BCUT2D eigenvalue weighted by atomic mass is 32.1. The second kappa shape index (κ2) is 7.47. The summed E-state index contributed by atoms with van der Waals surface area (Å²) in [6.45, 7) is 4.22. The van der Waals surface area contributed by atoms with Crippen LogP contribution in [0.3, 0.4) is 0 Å². The molecule has 4 rings (SSSR count). The van der Waals surface area contributed by atoms with E-state index < -0.39 is 12.0 Å². The van der Waals surface area contributed by atoms with Gasteiger partial charge in [-0.1, -0.05) is 42.0 Å². The average Bonchev–Trinajstić information content (AvgIpc) is 3.03. The summed E-state index contributed by atoms with van der Waals surface area (Å²) in [4.78, 5) is 26.9. The maximum Gasteiger partial charge on any atom is 0.328 e. The number of aromatic nitrogens is 3. The second-order valence-electron chi connectivity index (χ2n) is 7.75. The SMILES string of the molecule is Cc1ccc(CCC(C(=O)O)n2nnc3sc4c(c3c2=O)CCC(C)C4)cc1. The van der Waals surface area contributed by atoms with Crippen molar-refractivity contribution in [2.24, 2.45) is 5.92 Å². The Hall–Kier alpha value is -2.54. The molecule has 1 aromatic carbocycles. The molecule has 0 saturated carbocycles. The lowest BCUT2D eigenvalue weighted by atomic mass is 9.89. The van der Waals surface area contributed by atoms with E-state index in [0.29, 0.717) is 29.0 Å². The first-order chi connectivity index (χ1) is 13.4. The Bertz CT molecular complexity index is 1080. The lowest BCUT2D eigenvalue weighted by molar-refractivity contribution is -0.141. The first-order valence-corrected chi connectivity index (χ1v) is 10.4. The van der Waals surface area contributed by atoms with Crippen LogP contribution >= 0.6 is 11.3 Å². The van der Waals surface area contributed by atoms with Crippen molar-refractivity contribution in [3.8, 4) is 0 Å². The number of hydrogen-bond donors (Lipinski definition) is 1. The fourth-order valence-corrected chi connectivity index (χ4v) is 5.20. The van der Waals surface area contributed by atoms with E-state index in [1.807, 2.05) is 31.2 Å². The Labute approximate surface area is 166 Å². The van der Waals surface area contributed by atoms with Crippen molar-refractivity contribution in [3.63, 3.8) is 0 Å². The average molecular weight is 398 g/mol. The highest BCUT2D eigenvalue weighted by Gasteiger charge is 2.27. The van der Waals surface area contributed by atoms with Gasteiger partial charge in [0.15, 0.2) is 10.9 Å². The third kappa shape index (κ3) is 3.46. The van der Waals surface area contributed by atoms with E-state index in [1.54, 1.807) is 0 Å². The smallest absolute Gasteiger partial charge is 0.328 e. The molecule has 0 spiro atoms. The molecule has 0 saturated heterocycles. The number of carboxylic acids is 1. The van der Waals surface area contributed by atoms with Gasteiger partial charge in [0.1, 0.15) is 0 Å². The van der Waals surface area contributed by atoms with Crippen LogP contribution in [0.15, 0.2) is 29.1 Å². The number of benzene rings is 1. The molecule has 1 aliphatic rings. The van der Waals surface area contributed by atoms with Crippen LogP contribution in [0.25, 0.3) is 10.2 Å². The number of carboxylic acid groups (broad SMARTS) is 1. The van der Waals surface area contributed by atoms with Crippen molar-refractivity contribution < 1.29 is 9.90 Å². The summed E-state index contributed by atoms with van der Waals surface area (Å²) in [7, 11) is 0. The highest BCUT2D eigenvalue weighted by Crippen LogP contribution is 2.35. The fraction of sp³-hybridized carbons (Fsp3) is 0.429. The van der Waals surface area contributed by atoms with Crippen molar-refractivity contribution in [3.05, 3.63) is 56.2 Å². The van der Waals surface area contributed by atoms with Crippen LogP contribution in [-0.2, 0) is 24.1 Å². The summed E-state index contributed by atoms with van der Waals surface area (Å²) >= 11 is 1.52. The quantitative estimate of drug-likeness (QED) is 0.712. The van der Waals surface area contributed by atoms with Gasteiger partial charge in [0.2, 0.25) is 0 Å². The molecular formula is C21H23N3O3S. The van der Waals surface area contributed by atoms with E-state index in [-0.39, 0.29) is 5.56 Å². The monoisotopic (exact) mass is 397 g/mol. The number of hydrogen-bond acceptors (Lipinski definition) is 5. The van der Waals surface area contributed by atoms with Crippen LogP contribution in [0.5, 0.6) is 0 Å². The first-order valence-electron chi connectivity index (χ1n) is 9.62. The van der Waals surface area contributed by atoms with Crippen molar-refractivity contribution in [1.29, 1.82) is 0 Å². The van der Waals surface area contributed by atoms with E-state index in [4.69, 9.17) is 0 Å². The van der Waals surface area contributed by atoms with E-state index >= 15 is 0 Å². The molecule has 3 aromatic rings. The Morgan fingerprint density at radius 3 is 2.82 bits per heavy atom. The third-order valence-electron chi connectivity index (χ3n) is 5.55. The van der Waals surface area contributed by atoms with E-state index in [0.717, 1.165) is 40.6 Å².